The largest absolute Gasteiger partial charge is 0.306 e. The van der Waals surface area contributed by atoms with Crippen molar-refractivity contribution >= 4 is 15.9 Å². The fourth-order valence-electron chi connectivity index (χ4n) is 2.10. The van der Waals surface area contributed by atoms with Crippen LogP contribution >= 0.6 is 15.9 Å². The standard InChI is InChI=1S/C16H17BrFN/c1-2-16(12-6-4-3-5-7-12)19-11-13-10-14(18)8-9-15(13)17/h3-10,16,19H,2,11H2,1H3. The lowest BCUT2D eigenvalue weighted by molar-refractivity contribution is 0.516. The van der Waals surface area contributed by atoms with Gasteiger partial charge in [0.1, 0.15) is 5.82 Å². The van der Waals surface area contributed by atoms with Crippen molar-refractivity contribution in [2.24, 2.45) is 0 Å². The van der Waals surface area contributed by atoms with E-state index in [4.69, 9.17) is 0 Å². The molecule has 0 bridgehead atoms. The summed E-state index contributed by atoms with van der Waals surface area (Å²) < 4.78 is 14.2. The van der Waals surface area contributed by atoms with Crippen LogP contribution in [0, 0.1) is 5.82 Å². The molecule has 0 radical (unpaired) electrons. The van der Waals surface area contributed by atoms with Gasteiger partial charge in [0.25, 0.3) is 0 Å². The first-order chi connectivity index (χ1) is 9.20. The molecule has 0 aliphatic heterocycles. The molecule has 1 N–H and O–H groups in total. The van der Waals surface area contributed by atoms with Gasteiger partial charge in [-0.1, -0.05) is 53.2 Å². The fraction of sp³-hybridized carbons (Fsp3) is 0.250. The van der Waals surface area contributed by atoms with Gasteiger partial charge in [0, 0.05) is 17.1 Å². The van der Waals surface area contributed by atoms with Crippen molar-refractivity contribution in [3.63, 3.8) is 0 Å². The van der Waals surface area contributed by atoms with Crippen LogP contribution in [0.15, 0.2) is 53.0 Å². The van der Waals surface area contributed by atoms with E-state index in [0.717, 1.165) is 16.5 Å². The van der Waals surface area contributed by atoms with Gasteiger partial charge < -0.3 is 5.32 Å². The van der Waals surface area contributed by atoms with Gasteiger partial charge in [-0.2, -0.15) is 0 Å². The van der Waals surface area contributed by atoms with Crippen molar-refractivity contribution in [3.8, 4) is 0 Å². The molecule has 0 aromatic heterocycles. The summed E-state index contributed by atoms with van der Waals surface area (Å²) in [6.45, 7) is 2.79. The van der Waals surface area contributed by atoms with Crippen LogP contribution in [0.25, 0.3) is 0 Å². The predicted octanol–water partition coefficient (Wildman–Crippen LogP) is 4.83. The monoisotopic (exact) mass is 321 g/mol. The predicted molar refractivity (Wildman–Crippen MR) is 80.4 cm³/mol. The van der Waals surface area contributed by atoms with E-state index in [2.05, 4.69) is 40.3 Å². The highest BCUT2D eigenvalue weighted by molar-refractivity contribution is 9.10. The molecule has 0 saturated carbocycles. The Morgan fingerprint density at radius 2 is 1.89 bits per heavy atom. The van der Waals surface area contributed by atoms with Crippen LogP contribution in [0.3, 0.4) is 0 Å². The van der Waals surface area contributed by atoms with Crippen molar-refractivity contribution in [1.82, 2.24) is 5.32 Å². The minimum absolute atomic E-state index is 0.201. The van der Waals surface area contributed by atoms with Gasteiger partial charge in [-0.3, -0.25) is 0 Å². The summed E-state index contributed by atoms with van der Waals surface area (Å²) >= 11 is 3.45. The molecule has 1 unspecified atom stereocenters. The molecule has 1 atom stereocenters. The molecular weight excluding hydrogens is 305 g/mol. The minimum atomic E-state index is -0.201. The van der Waals surface area contributed by atoms with Crippen molar-refractivity contribution in [2.45, 2.75) is 25.9 Å². The van der Waals surface area contributed by atoms with Gasteiger partial charge in [0.2, 0.25) is 0 Å². The second-order valence-corrected chi connectivity index (χ2v) is 5.34. The van der Waals surface area contributed by atoms with E-state index in [-0.39, 0.29) is 11.9 Å². The van der Waals surface area contributed by atoms with Crippen LogP contribution in [0.1, 0.15) is 30.5 Å². The van der Waals surface area contributed by atoms with E-state index in [1.807, 2.05) is 18.2 Å². The number of hydrogen-bond acceptors (Lipinski definition) is 1. The molecule has 0 saturated heterocycles. The molecule has 0 spiro atoms. The number of benzene rings is 2. The molecule has 0 aliphatic carbocycles. The zero-order valence-electron chi connectivity index (χ0n) is 10.9. The van der Waals surface area contributed by atoms with Gasteiger partial charge in [-0.15, -0.1) is 0 Å². The van der Waals surface area contributed by atoms with Gasteiger partial charge >= 0.3 is 0 Å². The topological polar surface area (TPSA) is 12.0 Å². The minimum Gasteiger partial charge on any atom is -0.306 e. The SMILES string of the molecule is CCC(NCc1cc(F)ccc1Br)c1ccccc1. The van der Waals surface area contributed by atoms with Crippen molar-refractivity contribution < 1.29 is 4.39 Å². The number of halogens is 2. The van der Waals surface area contributed by atoms with Crippen LogP contribution in [-0.4, -0.2) is 0 Å². The van der Waals surface area contributed by atoms with E-state index in [0.29, 0.717) is 6.54 Å². The number of nitrogens with one attached hydrogen (secondary N) is 1. The Morgan fingerprint density at radius 3 is 2.58 bits per heavy atom. The van der Waals surface area contributed by atoms with Gasteiger partial charge in [0.15, 0.2) is 0 Å². The third-order valence-electron chi connectivity index (χ3n) is 3.16. The average Bonchev–Trinajstić information content (AvgIpc) is 2.44. The molecule has 0 aliphatic rings. The Bertz CT molecular complexity index is 528. The smallest absolute Gasteiger partial charge is 0.123 e. The molecular formula is C16H17BrFN. The molecule has 0 heterocycles. The summed E-state index contributed by atoms with van der Waals surface area (Å²) in [5.41, 5.74) is 2.20. The lowest BCUT2D eigenvalue weighted by Gasteiger charge is -2.18. The zero-order valence-corrected chi connectivity index (χ0v) is 12.5. The highest BCUT2D eigenvalue weighted by Gasteiger charge is 2.09. The zero-order chi connectivity index (χ0) is 13.7. The van der Waals surface area contributed by atoms with Crippen LogP contribution in [0.4, 0.5) is 4.39 Å². The molecule has 19 heavy (non-hydrogen) atoms. The third kappa shape index (κ3) is 3.88. The third-order valence-corrected chi connectivity index (χ3v) is 3.93. The van der Waals surface area contributed by atoms with Crippen LogP contribution < -0.4 is 5.32 Å². The first-order valence-electron chi connectivity index (χ1n) is 6.43. The first kappa shape index (κ1) is 14.2. The maximum atomic E-state index is 13.2. The Morgan fingerprint density at radius 1 is 1.16 bits per heavy atom. The van der Waals surface area contributed by atoms with E-state index < -0.39 is 0 Å². The van der Waals surface area contributed by atoms with Gasteiger partial charge in [-0.25, -0.2) is 4.39 Å². The summed E-state index contributed by atoms with van der Waals surface area (Å²) in [5, 5.41) is 3.47. The summed E-state index contributed by atoms with van der Waals surface area (Å²) in [5.74, 6) is -0.201. The molecule has 0 amide bonds. The van der Waals surface area contributed by atoms with Crippen molar-refractivity contribution in [3.05, 3.63) is 69.9 Å². The van der Waals surface area contributed by atoms with E-state index in [9.17, 15) is 4.39 Å². The molecule has 2 aromatic carbocycles. The quantitative estimate of drug-likeness (QED) is 0.831. The molecule has 3 heteroatoms. The first-order valence-corrected chi connectivity index (χ1v) is 7.22. The summed E-state index contributed by atoms with van der Waals surface area (Å²) in [4.78, 5) is 0. The Balaban J connectivity index is 2.06. The molecule has 2 rings (SSSR count). The van der Waals surface area contributed by atoms with Crippen molar-refractivity contribution in [1.29, 1.82) is 0 Å². The molecule has 2 aromatic rings. The Labute approximate surface area is 122 Å². The maximum Gasteiger partial charge on any atom is 0.123 e. The Hall–Kier alpha value is -1.19. The second kappa shape index (κ2) is 6.83. The average molecular weight is 322 g/mol. The van der Waals surface area contributed by atoms with E-state index in [1.165, 1.54) is 11.6 Å². The lowest BCUT2D eigenvalue weighted by atomic mass is 10.0. The van der Waals surface area contributed by atoms with Gasteiger partial charge in [0.05, 0.1) is 0 Å². The highest BCUT2D eigenvalue weighted by Crippen LogP contribution is 2.21. The summed E-state index contributed by atoms with van der Waals surface area (Å²) in [7, 11) is 0. The molecule has 0 fully saturated rings. The number of rotatable bonds is 5. The normalized spacial score (nSPS) is 12.4. The summed E-state index contributed by atoms with van der Waals surface area (Å²) in [6.07, 6.45) is 0.997. The summed E-state index contributed by atoms with van der Waals surface area (Å²) in [6, 6.07) is 15.4. The van der Waals surface area contributed by atoms with E-state index >= 15 is 0 Å². The Kier molecular flexibility index (Phi) is 5.11. The fourth-order valence-corrected chi connectivity index (χ4v) is 2.48. The van der Waals surface area contributed by atoms with Crippen LogP contribution in [0.5, 0.6) is 0 Å². The molecule has 1 nitrogen and oxygen atoms in total. The van der Waals surface area contributed by atoms with Crippen molar-refractivity contribution in [2.75, 3.05) is 0 Å². The van der Waals surface area contributed by atoms with Crippen LogP contribution in [-0.2, 0) is 6.54 Å². The second-order valence-electron chi connectivity index (χ2n) is 4.49. The highest BCUT2D eigenvalue weighted by atomic mass is 79.9. The van der Waals surface area contributed by atoms with Gasteiger partial charge in [-0.05, 0) is 35.7 Å². The molecule has 100 valence electrons. The number of hydrogen-bond donors (Lipinski definition) is 1. The van der Waals surface area contributed by atoms with E-state index in [1.54, 1.807) is 12.1 Å². The lowest BCUT2D eigenvalue weighted by Crippen LogP contribution is -2.20. The van der Waals surface area contributed by atoms with Crippen LogP contribution in [0.2, 0.25) is 0 Å². The maximum absolute atomic E-state index is 13.2.